The number of hydrogen-bond donors (Lipinski definition) is 2. The predicted molar refractivity (Wildman–Crippen MR) is 222 cm³/mol. The van der Waals surface area contributed by atoms with E-state index >= 15 is 0 Å². The molecular weight excluding hydrogens is 780 g/mol. The third-order valence-electron chi connectivity index (χ3n) is 12.2. The zero-order valence-electron chi connectivity index (χ0n) is 35.0. The van der Waals surface area contributed by atoms with E-state index in [1.54, 1.807) is 18.2 Å². The molecule has 4 aliphatic rings. The van der Waals surface area contributed by atoms with Gasteiger partial charge in [0.15, 0.2) is 6.29 Å². The number of fused-ring (bicyclic) bond motifs is 2. The van der Waals surface area contributed by atoms with Crippen LogP contribution in [0.4, 0.5) is 4.79 Å². The number of benzene rings is 1. The first kappa shape index (κ1) is 44.4. The molecule has 15 heteroatoms. The maximum absolute atomic E-state index is 14.4. The minimum absolute atomic E-state index is 0.0454. The first-order valence-electron chi connectivity index (χ1n) is 21.1. The molecule has 0 spiro atoms. The van der Waals surface area contributed by atoms with Crippen LogP contribution in [0.15, 0.2) is 23.8 Å². The van der Waals surface area contributed by atoms with Crippen molar-refractivity contribution in [2.75, 3.05) is 41.1 Å². The number of alkyl carbamates (subject to hydrolysis) is 1. The quantitative estimate of drug-likeness (QED) is 0.0722. The van der Waals surface area contributed by atoms with Gasteiger partial charge in [-0.05, 0) is 94.3 Å². The second-order valence-corrected chi connectivity index (χ2v) is 17.4. The number of nitrogens with zero attached hydrogens (tertiary/aromatic N) is 2. The topological polar surface area (TPSA) is 178 Å². The molecule has 59 heavy (non-hydrogen) atoms. The van der Waals surface area contributed by atoms with Gasteiger partial charge in [0.1, 0.15) is 41.3 Å². The Bertz CT molecular complexity index is 1840. The Kier molecular flexibility index (Phi) is 15.4. The van der Waals surface area contributed by atoms with Crippen LogP contribution in [0.3, 0.4) is 0 Å². The molecule has 3 saturated carbocycles. The van der Waals surface area contributed by atoms with Crippen molar-refractivity contribution in [3.05, 3.63) is 34.5 Å². The lowest BCUT2D eigenvalue weighted by Crippen LogP contribution is -2.53. The van der Waals surface area contributed by atoms with E-state index in [1.807, 2.05) is 19.9 Å². The zero-order chi connectivity index (χ0) is 42.2. The molecule has 1 aromatic carbocycles. The van der Waals surface area contributed by atoms with E-state index in [-0.39, 0.29) is 36.5 Å². The average molecular weight is 841 g/mol. The highest BCUT2D eigenvalue weighted by Gasteiger charge is 2.46. The van der Waals surface area contributed by atoms with Gasteiger partial charge < -0.3 is 44.4 Å². The number of carbonyl (C=O) groups excluding carboxylic acids is 4. The number of esters is 1. The Hall–Kier alpha value is -4.14. The van der Waals surface area contributed by atoms with Gasteiger partial charge in [-0.1, -0.05) is 49.3 Å². The second-order valence-electron chi connectivity index (χ2n) is 17.0. The number of amides is 3. The number of pyridine rings is 1. The van der Waals surface area contributed by atoms with Gasteiger partial charge in [-0.2, -0.15) is 0 Å². The standard InChI is InChI=1S/C44H61ClN4O10/c1-25(2)15-30-20-37(32-13-14-36(39(45)40(32)47-30)57-24-38(54-3)55-4)59-31-21-35(41(46)50)49(22-31)42(51)34(48-44(53)58-23-26-16-28-18-29(28)17-26)12-10-8-6-7-9-11-27-19-33(27)43(52)56-5/h13-15,20,26-29,31,33-35,38H,6-12,16-19,21-24H2,1-5H3,(H2,46,50)(H,48,53)/t26?,27?,28-,29+,31?,33-,34-,35-/m0/s1. The van der Waals surface area contributed by atoms with Gasteiger partial charge in [0.25, 0.3) is 0 Å². The average Bonchev–Trinajstić information content (AvgIpc) is 4.07. The van der Waals surface area contributed by atoms with E-state index in [1.165, 1.54) is 32.7 Å². The van der Waals surface area contributed by atoms with E-state index in [9.17, 15) is 19.2 Å². The molecule has 3 amide bonds. The van der Waals surface area contributed by atoms with Crippen molar-refractivity contribution in [2.24, 2.45) is 35.3 Å². The van der Waals surface area contributed by atoms with Crippen molar-refractivity contribution in [1.82, 2.24) is 15.2 Å². The van der Waals surface area contributed by atoms with Gasteiger partial charge in [-0.3, -0.25) is 14.4 Å². The molecule has 1 saturated heterocycles. The highest BCUT2D eigenvalue weighted by atomic mass is 35.5. The molecule has 14 nitrogen and oxygen atoms in total. The molecule has 3 aliphatic carbocycles. The van der Waals surface area contributed by atoms with E-state index in [0.717, 1.165) is 68.8 Å². The van der Waals surface area contributed by atoms with Crippen molar-refractivity contribution in [3.63, 3.8) is 0 Å². The van der Waals surface area contributed by atoms with Gasteiger partial charge in [0.2, 0.25) is 11.8 Å². The lowest BCUT2D eigenvalue weighted by atomic mass is 10.0. The van der Waals surface area contributed by atoms with Crippen molar-refractivity contribution in [2.45, 2.75) is 115 Å². The first-order chi connectivity index (χ1) is 28.4. The summed E-state index contributed by atoms with van der Waals surface area (Å²) in [6.07, 6.45) is 10.5. The summed E-state index contributed by atoms with van der Waals surface area (Å²) < 4.78 is 33.5. The molecule has 324 valence electrons. The van der Waals surface area contributed by atoms with Crippen LogP contribution in [0.2, 0.25) is 5.02 Å². The molecule has 1 aromatic heterocycles. The van der Waals surface area contributed by atoms with Gasteiger partial charge in [-0.15, -0.1) is 0 Å². The molecular formula is C44H61ClN4O10. The van der Waals surface area contributed by atoms with E-state index in [4.69, 9.17) is 50.7 Å². The number of carbonyl (C=O) groups is 4. The predicted octanol–water partition coefficient (Wildman–Crippen LogP) is 6.82. The Morgan fingerprint density at radius 2 is 1.69 bits per heavy atom. The molecule has 0 radical (unpaired) electrons. The summed E-state index contributed by atoms with van der Waals surface area (Å²) in [5, 5.41) is 3.75. The number of allylic oxidation sites excluding steroid dienone is 1. The summed E-state index contributed by atoms with van der Waals surface area (Å²) in [5.74, 6) is 2.02. The molecule has 0 bridgehead atoms. The summed E-state index contributed by atoms with van der Waals surface area (Å²) in [6.45, 7) is 4.41. The highest BCUT2D eigenvalue weighted by molar-refractivity contribution is 6.36. The summed E-state index contributed by atoms with van der Waals surface area (Å²) in [4.78, 5) is 58.5. The molecule has 3 unspecified atom stereocenters. The number of likely N-dealkylation sites (tertiary alicyclic amines) is 1. The second kappa shape index (κ2) is 20.4. The monoisotopic (exact) mass is 840 g/mol. The van der Waals surface area contributed by atoms with E-state index in [2.05, 4.69) is 5.32 Å². The fourth-order valence-corrected chi connectivity index (χ4v) is 9.14. The van der Waals surface area contributed by atoms with Gasteiger partial charge in [-0.25, -0.2) is 9.78 Å². The van der Waals surface area contributed by atoms with Crippen molar-refractivity contribution in [3.8, 4) is 11.5 Å². The minimum Gasteiger partial charge on any atom is -0.488 e. The molecule has 4 fully saturated rings. The van der Waals surface area contributed by atoms with Crippen LogP contribution < -0.4 is 20.5 Å². The maximum atomic E-state index is 14.4. The smallest absolute Gasteiger partial charge is 0.407 e. The van der Waals surface area contributed by atoms with E-state index in [0.29, 0.717) is 59.4 Å². The Morgan fingerprint density at radius 3 is 2.39 bits per heavy atom. The third-order valence-corrected chi connectivity index (χ3v) is 12.6. The minimum atomic E-state index is -0.947. The Labute approximate surface area is 352 Å². The van der Waals surface area contributed by atoms with Crippen LogP contribution in [0.25, 0.3) is 17.0 Å². The number of halogens is 1. The fourth-order valence-electron chi connectivity index (χ4n) is 8.88. The largest absolute Gasteiger partial charge is 0.488 e. The number of hydrogen-bond acceptors (Lipinski definition) is 11. The van der Waals surface area contributed by atoms with Crippen LogP contribution >= 0.6 is 11.6 Å². The first-order valence-corrected chi connectivity index (χ1v) is 21.5. The summed E-state index contributed by atoms with van der Waals surface area (Å²) >= 11 is 6.87. The van der Waals surface area contributed by atoms with Crippen molar-refractivity contribution in [1.29, 1.82) is 0 Å². The van der Waals surface area contributed by atoms with Crippen LogP contribution in [0.5, 0.6) is 11.5 Å². The van der Waals surface area contributed by atoms with Gasteiger partial charge in [0, 0.05) is 32.1 Å². The number of rotatable bonds is 22. The highest BCUT2D eigenvalue weighted by Crippen LogP contribution is 2.54. The molecule has 8 atom stereocenters. The summed E-state index contributed by atoms with van der Waals surface area (Å²) in [6, 6.07) is 3.47. The van der Waals surface area contributed by atoms with Gasteiger partial charge in [0.05, 0.1) is 37.4 Å². The van der Waals surface area contributed by atoms with Gasteiger partial charge >= 0.3 is 12.1 Å². The number of aromatic nitrogens is 1. The number of ether oxygens (including phenoxy) is 6. The number of primary amides is 1. The molecule has 2 aromatic rings. The molecule has 2 heterocycles. The molecule has 1 aliphatic heterocycles. The van der Waals surface area contributed by atoms with Crippen LogP contribution in [-0.4, -0.2) is 99.3 Å². The molecule has 6 rings (SSSR count). The summed E-state index contributed by atoms with van der Waals surface area (Å²) in [5.41, 5.74) is 7.98. The van der Waals surface area contributed by atoms with Crippen LogP contribution in [-0.2, 0) is 33.3 Å². The molecule has 3 N–H and O–H groups in total. The maximum Gasteiger partial charge on any atom is 0.407 e. The number of methoxy groups -OCH3 is 3. The Balaban J connectivity index is 1.12. The zero-order valence-corrected chi connectivity index (χ0v) is 35.8. The number of nitrogens with two attached hydrogens (primary N) is 1. The van der Waals surface area contributed by atoms with Crippen LogP contribution in [0.1, 0.15) is 96.6 Å². The van der Waals surface area contributed by atoms with Crippen molar-refractivity contribution < 1.29 is 47.6 Å². The summed E-state index contributed by atoms with van der Waals surface area (Å²) in [7, 11) is 4.47. The van der Waals surface area contributed by atoms with E-state index < -0.39 is 42.4 Å². The number of unbranched alkanes of at least 4 members (excludes halogenated alkanes) is 4. The van der Waals surface area contributed by atoms with Crippen LogP contribution in [0, 0.1) is 29.6 Å². The third kappa shape index (κ3) is 11.8. The number of nitrogens with one attached hydrogen (secondary N) is 1. The normalized spacial score (nSPS) is 24.7. The van der Waals surface area contributed by atoms with Crippen molar-refractivity contribution >= 4 is 52.5 Å². The Morgan fingerprint density at radius 1 is 0.966 bits per heavy atom. The SMILES string of the molecule is COC(=O)[C@H]1CC1CCCCCCC[C@H](NC(=O)OCC1C[C@@H]2C[C@@H]2C1)C(=O)N1CC(Oc2cc(C=C(C)C)nc3c(Cl)c(OCC(OC)OC)ccc23)C[C@H]1C(N)=O. The fraction of sp³-hybridized carbons (Fsp3) is 0.659. The lowest BCUT2D eigenvalue weighted by Gasteiger charge is -2.27. The lowest BCUT2D eigenvalue weighted by molar-refractivity contribution is -0.142.